The molecule has 0 radical (unpaired) electrons. The van der Waals surface area contributed by atoms with Crippen molar-refractivity contribution in [2.75, 3.05) is 6.61 Å². The third-order valence-electron chi connectivity index (χ3n) is 2.34. The van der Waals surface area contributed by atoms with E-state index < -0.39 is 12.0 Å². The van der Waals surface area contributed by atoms with Gasteiger partial charge in [-0.15, -0.1) is 0 Å². The Hall–Kier alpha value is -0.570. The first kappa shape index (κ1) is 13.4. The van der Waals surface area contributed by atoms with Crippen molar-refractivity contribution in [3.8, 4) is 0 Å². The molecule has 0 fully saturated rings. The number of esters is 1. The molecule has 0 unspecified atom stereocenters. The van der Waals surface area contributed by atoms with Crippen molar-refractivity contribution in [3.63, 3.8) is 0 Å². The van der Waals surface area contributed by atoms with Gasteiger partial charge in [0.1, 0.15) is 0 Å². The van der Waals surface area contributed by atoms with Gasteiger partial charge >= 0.3 is 5.97 Å². The first-order valence-electron chi connectivity index (χ1n) is 5.44. The molecule has 0 aliphatic carbocycles. The van der Waals surface area contributed by atoms with Crippen LogP contribution in [-0.4, -0.2) is 23.8 Å². The van der Waals surface area contributed by atoms with Crippen molar-refractivity contribution >= 4 is 5.97 Å². The second-order valence-corrected chi connectivity index (χ2v) is 3.76. The third-order valence-corrected chi connectivity index (χ3v) is 2.34. The standard InChI is InChI=1S/C11H22O3/c1-4-5-6-7-8-14-11(13)9(2)10(3)12/h9-10,12H,4-8H2,1-3H3/t9-,10-/m0/s1. The summed E-state index contributed by atoms with van der Waals surface area (Å²) in [6.07, 6.45) is 3.76. The topological polar surface area (TPSA) is 46.5 Å². The van der Waals surface area contributed by atoms with Crippen molar-refractivity contribution in [2.24, 2.45) is 5.92 Å². The summed E-state index contributed by atoms with van der Waals surface area (Å²) in [7, 11) is 0. The molecular formula is C11H22O3. The number of ether oxygens (including phenoxy) is 1. The molecule has 0 amide bonds. The summed E-state index contributed by atoms with van der Waals surface area (Å²) in [4.78, 5) is 11.2. The molecule has 0 saturated carbocycles. The van der Waals surface area contributed by atoms with Gasteiger partial charge in [0.2, 0.25) is 0 Å². The van der Waals surface area contributed by atoms with Crippen LogP contribution in [0.25, 0.3) is 0 Å². The largest absolute Gasteiger partial charge is 0.465 e. The minimum atomic E-state index is -0.627. The quantitative estimate of drug-likeness (QED) is 0.508. The lowest BCUT2D eigenvalue weighted by Gasteiger charge is -2.13. The Morgan fingerprint density at radius 2 is 1.93 bits per heavy atom. The van der Waals surface area contributed by atoms with Gasteiger partial charge in [0.25, 0.3) is 0 Å². The van der Waals surface area contributed by atoms with Gasteiger partial charge in [-0.1, -0.05) is 26.2 Å². The van der Waals surface area contributed by atoms with Gasteiger partial charge in [-0.25, -0.2) is 0 Å². The van der Waals surface area contributed by atoms with Crippen molar-refractivity contribution in [2.45, 2.75) is 52.6 Å². The van der Waals surface area contributed by atoms with E-state index in [0.717, 1.165) is 12.8 Å². The van der Waals surface area contributed by atoms with Crippen molar-refractivity contribution in [1.82, 2.24) is 0 Å². The van der Waals surface area contributed by atoms with Crippen LogP contribution in [0.2, 0.25) is 0 Å². The van der Waals surface area contributed by atoms with Crippen molar-refractivity contribution in [3.05, 3.63) is 0 Å². The van der Waals surface area contributed by atoms with Gasteiger partial charge in [-0.05, 0) is 20.3 Å². The normalized spacial score (nSPS) is 14.9. The van der Waals surface area contributed by atoms with Gasteiger partial charge in [0.05, 0.1) is 18.6 Å². The maximum atomic E-state index is 11.2. The minimum absolute atomic E-state index is 0.295. The first-order valence-corrected chi connectivity index (χ1v) is 5.44. The van der Waals surface area contributed by atoms with Crippen LogP contribution in [0.1, 0.15) is 46.5 Å². The highest BCUT2D eigenvalue weighted by atomic mass is 16.5. The molecule has 0 aliphatic heterocycles. The number of unbranched alkanes of at least 4 members (excludes halogenated alkanes) is 3. The highest BCUT2D eigenvalue weighted by molar-refractivity contribution is 5.72. The number of carbonyl (C=O) groups is 1. The molecule has 0 heterocycles. The van der Waals surface area contributed by atoms with Crippen LogP contribution in [0, 0.1) is 5.92 Å². The van der Waals surface area contributed by atoms with Crippen LogP contribution >= 0.6 is 0 Å². The van der Waals surface area contributed by atoms with Gasteiger partial charge in [0, 0.05) is 0 Å². The predicted molar refractivity (Wildman–Crippen MR) is 55.9 cm³/mol. The van der Waals surface area contributed by atoms with Crippen LogP contribution in [0.5, 0.6) is 0 Å². The zero-order valence-corrected chi connectivity index (χ0v) is 9.45. The molecule has 0 aromatic heterocycles. The van der Waals surface area contributed by atoms with Crippen LogP contribution in [0.15, 0.2) is 0 Å². The Morgan fingerprint density at radius 3 is 2.43 bits per heavy atom. The molecule has 0 aliphatic rings. The lowest BCUT2D eigenvalue weighted by Crippen LogP contribution is -2.25. The van der Waals surface area contributed by atoms with Crippen LogP contribution < -0.4 is 0 Å². The SMILES string of the molecule is CCCCCCOC(=O)[C@@H](C)[C@H](C)O. The monoisotopic (exact) mass is 202 g/mol. The molecule has 14 heavy (non-hydrogen) atoms. The summed E-state index contributed by atoms with van der Waals surface area (Å²) in [5, 5.41) is 9.13. The predicted octanol–water partition coefficient (Wildman–Crippen LogP) is 2.13. The van der Waals surface area contributed by atoms with E-state index in [1.807, 2.05) is 0 Å². The second kappa shape index (κ2) is 7.80. The summed E-state index contributed by atoms with van der Waals surface area (Å²) < 4.78 is 5.01. The fraction of sp³-hybridized carbons (Fsp3) is 0.909. The molecule has 2 atom stereocenters. The lowest BCUT2D eigenvalue weighted by atomic mass is 10.1. The first-order chi connectivity index (χ1) is 6.59. The highest BCUT2D eigenvalue weighted by Gasteiger charge is 2.18. The number of hydrogen-bond donors (Lipinski definition) is 1. The average molecular weight is 202 g/mol. The number of rotatable bonds is 7. The maximum Gasteiger partial charge on any atom is 0.311 e. The Labute approximate surface area is 86.5 Å². The number of aliphatic hydroxyl groups is 1. The zero-order chi connectivity index (χ0) is 11.0. The van der Waals surface area contributed by atoms with E-state index in [1.54, 1.807) is 13.8 Å². The third kappa shape index (κ3) is 5.97. The van der Waals surface area contributed by atoms with E-state index in [4.69, 9.17) is 9.84 Å². The van der Waals surface area contributed by atoms with Gasteiger partial charge in [-0.2, -0.15) is 0 Å². The summed E-state index contributed by atoms with van der Waals surface area (Å²) in [6, 6.07) is 0. The molecule has 84 valence electrons. The second-order valence-electron chi connectivity index (χ2n) is 3.76. The molecule has 0 bridgehead atoms. The van der Waals surface area contributed by atoms with E-state index in [1.165, 1.54) is 12.8 Å². The van der Waals surface area contributed by atoms with E-state index in [0.29, 0.717) is 6.61 Å². The van der Waals surface area contributed by atoms with E-state index in [2.05, 4.69) is 6.92 Å². The Kier molecular flexibility index (Phi) is 7.48. The molecule has 0 aromatic carbocycles. The Balaban J connectivity index is 3.44. The van der Waals surface area contributed by atoms with Crippen molar-refractivity contribution < 1.29 is 14.6 Å². The summed E-state index contributed by atoms with van der Waals surface area (Å²) in [5.41, 5.74) is 0. The van der Waals surface area contributed by atoms with E-state index >= 15 is 0 Å². The summed E-state index contributed by atoms with van der Waals surface area (Å²) in [6.45, 7) is 5.90. The molecule has 0 saturated heterocycles. The van der Waals surface area contributed by atoms with E-state index in [9.17, 15) is 4.79 Å². The summed E-state index contributed by atoms with van der Waals surface area (Å²) >= 11 is 0. The van der Waals surface area contributed by atoms with E-state index in [-0.39, 0.29) is 5.97 Å². The minimum Gasteiger partial charge on any atom is -0.465 e. The number of carbonyl (C=O) groups excluding carboxylic acids is 1. The fourth-order valence-corrected chi connectivity index (χ4v) is 1.03. The molecule has 0 aromatic rings. The molecule has 0 rings (SSSR count). The highest BCUT2D eigenvalue weighted by Crippen LogP contribution is 2.06. The summed E-state index contributed by atoms with van der Waals surface area (Å²) in [5.74, 6) is -0.710. The fourth-order valence-electron chi connectivity index (χ4n) is 1.03. The zero-order valence-electron chi connectivity index (χ0n) is 9.45. The molecular weight excluding hydrogens is 180 g/mol. The molecule has 3 nitrogen and oxygen atoms in total. The molecule has 3 heteroatoms. The molecule has 1 N–H and O–H groups in total. The number of aliphatic hydroxyl groups excluding tert-OH is 1. The van der Waals surface area contributed by atoms with Gasteiger partial charge in [-0.3, -0.25) is 4.79 Å². The maximum absolute atomic E-state index is 11.2. The Bertz CT molecular complexity index is 155. The van der Waals surface area contributed by atoms with Crippen LogP contribution in [-0.2, 0) is 9.53 Å². The number of hydrogen-bond acceptors (Lipinski definition) is 3. The molecule has 0 spiro atoms. The van der Waals surface area contributed by atoms with Crippen LogP contribution in [0.4, 0.5) is 0 Å². The van der Waals surface area contributed by atoms with Crippen molar-refractivity contribution in [1.29, 1.82) is 0 Å². The average Bonchev–Trinajstić information content (AvgIpc) is 2.16. The smallest absolute Gasteiger partial charge is 0.311 e. The lowest BCUT2D eigenvalue weighted by molar-refractivity contribution is -0.151. The van der Waals surface area contributed by atoms with Gasteiger partial charge < -0.3 is 9.84 Å². The van der Waals surface area contributed by atoms with Gasteiger partial charge in [0.15, 0.2) is 0 Å². The van der Waals surface area contributed by atoms with Crippen LogP contribution in [0.3, 0.4) is 0 Å². The Morgan fingerprint density at radius 1 is 1.29 bits per heavy atom.